The van der Waals surface area contributed by atoms with E-state index >= 15 is 0 Å². The highest BCUT2D eigenvalue weighted by molar-refractivity contribution is 6.43. The average molecular weight is 515 g/mol. The molecule has 0 saturated carbocycles. The van der Waals surface area contributed by atoms with Gasteiger partial charge in [-0.2, -0.15) is 0 Å². The summed E-state index contributed by atoms with van der Waals surface area (Å²) in [6, 6.07) is 17.9. The van der Waals surface area contributed by atoms with Crippen molar-refractivity contribution in [1.29, 1.82) is 0 Å². The van der Waals surface area contributed by atoms with Crippen molar-refractivity contribution in [3.05, 3.63) is 83.0 Å². The van der Waals surface area contributed by atoms with Gasteiger partial charge in [-0.25, -0.2) is 4.79 Å². The number of rotatable bonds is 10. The second-order valence-corrected chi connectivity index (χ2v) is 8.83. The lowest BCUT2D eigenvalue weighted by molar-refractivity contribution is -0.139. The van der Waals surface area contributed by atoms with Gasteiger partial charge in [-0.3, -0.25) is 14.4 Å². The van der Waals surface area contributed by atoms with Crippen LogP contribution in [0.2, 0.25) is 0 Å². The molecule has 1 amide bonds. The first kappa shape index (κ1) is 26.2. The maximum Gasteiger partial charge on any atom is 0.341 e. The topological polar surface area (TPSA) is 149 Å². The molecule has 0 aliphatic heterocycles. The molecule has 0 bridgehead atoms. The number of fused-ring (bicyclic) bond motifs is 1. The lowest BCUT2D eigenvalue weighted by atomic mass is 9.97. The largest absolute Gasteiger partial charge is 0.481 e. The molecule has 9 nitrogen and oxygen atoms in total. The SMILES string of the molecule is Cc1c(C)n(-c2c(C(=O)C(N)=O)cccc2-c2ccccc2)c2ccc(CCC(=O)O)c(OCC(=O)O)c12. The first-order chi connectivity index (χ1) is 18.1. The summed E-state index contributed by atoms with van der Waals surface area (Å²) in [5, 5.41) is 19.1. The van der Waals surface area contributed by atoms with Crippen molar-refractivity contribution in [2.24, 2.45) is 5.73 Å². The van der Waals surface area contributed by atoms with Crippen LogP contribution >= 0.6 is 0 Å². The van der Waals surface area contributed by atoms with Crippen LogP contribution in [0.3, 0.4) is 0 Å². The van der Waals surface area contributed by atoms with Crippen molar-refractivity contribution in [1.82, 2.24) is 4.57 Å². The number of benzene rings is 3. The number of carbonyl (C=O) groups excluding carboxylic acids is 2. The standard InChI is InChI=1S/C29H26N2O7/c1-16-17(2)31(22-13-11-19(12-14-23(32)33)28(25(16)22)38-15-24(34)35)26-20(18-7-4-3-5-8-18)9-6-10-21(26)27(36)29(30)37/h3-11,13H,12,14-15H2,1-2H3,(H2,30,37)(H,32,33)(H,34,35). The minimum Gasteiger partial charge on any atom is -0.481 e. The van der Waals surface area contributed by atoms with Crippen LogP contribution in [0.5, 0.6) is 5.75 Å². The number of para-hydroxylation sites is 1. The number of carboxylic acid groups (broad SMARTS) is 2. The quantitative estimate of drug-likeness (QED) is 0.213. The number of ether oxygens (including phenoxy) is 1. The van der Waals surface area contributed by atoms with Crippen LogP contribution in [0.15, 0.2) is 60.7 Å². The Balaban J connectivity index is 2.09. The van der Waals surface area contributed by atoms with Crippen molar-refractivity contribution in [2.75, 3.05) is 6.61 Å². The maximum absolute atomic E-state index is 13.0. The van der Waals surface area contributed by atoms with Gasteiger partial charge in [0, 0.05) is 23.1 Å². The van der Waals surface area contributed by atoms with Crippen molar-refractivity contribution in [3.63, 3.8) is 0 Å². The molecule has 4 N–H and O–H groups in total. The Labute approximate surface area is 218 Å². The first-order valence-corrected chi connectivity index (χ1v) is 11.8. The zero-order chi connectivity index (χ0) is 27.6. The summed E-state index contributed by atoms with van der Waals surface area (Å²) in [4.78, 5) is 47.6. The van der Waals surface area contributed by atoms with E-state index in [2.05, 4.69) is 0 Å². The second-order valence-electron chi connectivity index (χ2n) is 8.83. The summed E-state index contributed by atoms with van der Waals surface area (Å²) in [5.41, 5.74) is 10.1. The molecule has 0 fully saturated rings. The zero-order valence-electron chi connectivity index (χ0n) is 20.9. The molecular weight excluding hydrogens is 488 g/mol. The predicted molar refractivity (Wildman–Crippen MR) is 141 cm³/mol. The number of aryl methyl sites for hydroxylation is 2. The lowest BCUT2D eigenvalue weighted by Gasteiger charge is -2.18. The van der Waals surface area contributed by atoms with E-state index in [1.54, 1.807) is 24.3 Å². The van der Waals surface area contributed by atoms with Crippen LogP contribution in [0.1, 0.15) is 33.6 Å². The van der Waals surface area contributed by atoms with E-state index in [0.29, 0.717) is 27.7 Å². The molecule has 3 aromatic carbocycles. The molecule has 0 saturated heterocycles. The maximum atomic E-state index is 13.0. The summed E-state index contributed by atoms with van der Waals surface area (Å²) >= 11 is 0. The van der Waals surface area contributed by atoms with E-state index in [-0.39, 0.29) is 24.2 Å². The molecule has 4 aromatic rings. The number of carbonyl (C=O) groups is 4. The number of nitrogens with two attached hydrogens (primary N) is 1. The van der Waals surface area contributed by atoms with Gasteiger partial charge >= 0.3 is 11.9 Å². The Bertz CT molecular complexity index is 1590. The van der Waals surface area contributed by atoms with E-state index < -0.39 is 30.2 Å². The Morgan fingerprint density at radius 3 is 2.24 bits per heavy atom. The molecule has 0 radical (unpaired) electrons. The number of amides is 1. The monoisotopic (exact) mass is 514 g/mol. The molecule has 1 heterocycles. The highest BCUT2D eigenvalue weighted by Crippen LogP contribution is 2.41. The molecule has 0 unspecified atom stereocenters. The first-order valence-electron chi connectivity index (χ1n) is 11.8. The number of aliphatic carboxylic acids is 2. The van der Waals surface area contributed by atoms with Crippen molar-refractivity contribution < 1.29 is 34.1 Å². The van der Waals surface area contributed by atoms with E-state index in [4.69, 9.17) is 10.5 Å². The van der Waals surface area contributed by atoms with E-state index in [1.807, 2.05) is 54.8 Å². The third-order valence-electron chi connectivity index (χ3n) is 6.47. The molecule has 4 rings (SSSR count). The third kappa shape index (κ3) is 4.86. The molecule has 0 aliphatic carbocycles. The Morgan fingerprint density at radius 1 is 0.895 bits per heavy atom. The Hall–Kier alpha value is -4.92. The van der Waals surface area contributed by atoms with Gasteiger partial charge < -0.3 is 25.3 Å². The summed E-state index contributed by atoms with van der Waals surface area (Å²) in [6.07, 6.45) is -0.0301. The van der Waals surface area contributed by atoms with Gasteiger partial charge in [0.2, 0.25) is 0 Å². The number of nitrogens with zero attached hydrogens (tertiary/aromatic N) is 1. The van der Waals surface area contributed by atoms with Crippen molar-refractivity contribution in [2.45, 2.75) is 26.7 Å². The second kappa shape index (κ2) is 10.6. The van der Waals surface area contributed by atoms with Crippen LogP contribution in [-0.2, 0) is 20.8 Å². The van der Waals surface area contributed by atoms with Crippen LogP contribution < -0.4 is 10.5 Å². The predicted octanol–water partition coefficient (Wildman–Crippen LogP) is 4.06. The number of Topliss-reactive ketones (excluding diaryl/α,β-unsaturated/α-hetero) is 1. The summed E-state index contributed by atoms with van der Waals surface area (Å²) in [7, 11) is 0. The minimum absolute atomic E-state index is 0.113. The van der Waals surface area contributed by atoms with Crippen LogP contribution in [-0.4, -0.2) is 45.0 Å². The van der Waals surface area contributed by atoms with E-state index in [9.17, 15) is 29.4 Å². The highest BCUT2D eigenvalue weighted by atomic mass is 16.5. The summed E-state index contributed by atoms with van der Waals surface area (Å²) < 4.78 is 7.54. The van der Waals surface area contributed by atoms with Gasteiger partial charge in [-0.1, -0.05) is 48.5 Å². The molecule has 0 spiro atoms. The number of aromatic nitrogens is 1. The smallest absolute Gasteiger partial charge is 0.341 e. The van der Waals surface area contributed by atoms with Crippen LogP contribution in [0.25, 0.3) is 27.7 Å². The number of ketones is 1. The normalized spacial score (nSPS) is 10.9. The molecule has 194 valence electrons. The molecule has 0 aliphatic rings. The number of carboxylic acids is 2. The number of primary amides is 1. The Kier molecular flexibility index (Phi) is 7.29. The van der Waals surface area contributed by atoms with Gasteiger partial charge in [0.15, 0.2) is 6.61 Å². The van der Waals surface area contributed by atoms with Gasteiger partial charge in [0.25, 0.3) is 11.7 Å². The van der Waals surface area contributed by atoms with Crippen LogP contribution in [0, 0.1) is 13.8 Å². The molecule has 38 heavy (non-hydrogen) atoms. The summed E-state index contributed by atoms with van der Waals surface area (Å²) in [6.45, 7) is 3.06. The van der Waals surface area contributed by atoms with Crippen molar-refractivity contribution in [3.8, 4) is 22.6 Å². The molecular formula is C29H26N2O7. The van der Waals surface area contributed by atoms with Crippen LogP contribution in [0.4, 0.5) is 0 Å². The fraction of sp³-hybridized carbons (Fsp3) is 0.172. The molecule has 1 aromatic heterocycles. The van der Waals surface area contributed by atoms with E-state index in [0.717, 1.165) is 16.8 Å². The third-order valence-corrected chi connectivity index (χ3v) is 6.47. The number of hydrogen-bond acceptors (Lipinski definition) is 5. The molecule has 0 atom stereocenters. The van der Waals surface area contributed by atoms with Gasteiger partial charge in [0.05, 0.1) is 16.8 Å². The minimum atomic E-state index is -1.18. The van der Waals surface area contributed by atoms with Gasteiger partial charge in [0.1, 0.15) is 5.75 Å². The Morgan fingerprint density at radius 2 is 1.61 bits per heavy atom. The summed E-state index contributed by atoms with van der Waals surface area (Å²) in [5.74, 6) is -3.85. The number of hydrogen-bond donors (Lipinski definition) is 3. The highest BCUT2D eigenvalue weighted by Gasteiger charge is 2.26. The molecule has 9 heteroatoms. The van der Waals surface area contributed by atoms with Gasteiger partial charge in [-0.15, -0.1) is 0 Å². The average Bonchev–Trinajstić information content (AvgIpc) is 3.15. The van der Waals surface area contributed by atoms with Gasteiger partial charge in [-0.05, 0) is 49.1 Å². The fourth-order valence-electron chi connectivity index (χ4n) is 4.67. The zero-order valence-corrected chi connectivity index (χ0v) is 20.9. The van der Waals surface area contributed by atoms with E-state index in [1.165, 1.54) is 0 Å². The van der Waals surface area contributed by atoms with Crippen molar-refractivity contribution >= 4 is 34.5 Å². The lowest BCUT2D eigenvalue weighted by Crippen LogP contribution is -2.24. The fourth-order valence-corrected chi connectivity index (χ4v) is 4.67.